The fourth-order valence-corrected chi connectivity index (χ4v) is 2.57. The number of carbonyl (C=O) groups is 1. The van der Waals surface area contributed by atoms with Gasteiger partial charge in [-0.05, 0) is 44.9 Å². The number of pyridine rings is 1. The van der Waals surface area contributed by atoms with E-state index in [0.717, 1.165) is 22.6 Å². The molecule has 0 amide bonds. The first-order valence-corrected chi connectivity index (χ1v) is 7.38. The van der Waals surface area contributed by atoms with Crippen molar-refractivity contribution in [1.29, 1.82) is 0 Å². The third-order valence-corrected chi connectivity index (χ3v) is 3.97. The molecule has 1 aliphatic carbocycles. The highest BCUT2D eigenvalue weighted by atomic mass is 16.1. The summed E-state index contributed by atoms with van der Waals surface area (Å²) >= 11 is 0. The molecule has 0 spiro atoms. The number of hydrogen-bond acceptors (Lipinski definition) is 3. The maximum absolute atomic E-state index is 12.8. The summed E-state index contributed by atoms with van der Waals surface area (Å²) in [6.45, 7) is 3.96. The van der Waals surface area contributed by atoms with Gasteiger partial charge in [-0.1, -0.05) is 23.8 Å². The van der Waals surface area contributed by atoms with E-state index in [0.29, 0.717) is 11.6 Å². The zero-order chi connectivity index (χ0) is 15.0. The lowest BCUT2D eigenvalue weighted by molar-refractivity contribution is 0.103. The third kappa shape index (κ3) is 2.82. The lowest BCUT2D eigenvalue weighted by Gasteiger charge is -2.21. The normalized spacial score (nSPS) is 14.0. The lowest BCUT2D eigenvalue weighted by atomic mass is 10.0. The van der Waals surface area contributed by atoms with Crippen LogP contribution < -0.4 is 4.90 Å². The minimum Gasteiger partial charge on any atom is -0.356 e. The first-order chi connectivity index (χ1) is 10.1. The summed E-state index contributed by atoms with van der Waals surface area (Å²) in [5.41, 5.74) is 3.46. The summed E-state index contributed by atoms with van der Waals surface area (Å²) < 4.78 is 0. The molecular weight excluding hydrogens is 260 g/mol. The molecule has 0 bridgehead atoms. The Morgan fingerprint density at radius 3 is 2.62 bits per heavy atom. The Labute approximate surface area is 125 Å². The van der Waals surface area contributed by atoms with Gasteiger partial charge in [0.1, 0.15) is 5.82 Å². The van der Waals surface area contributed by atoms with Gasteiger partial charge in [0.15, 0.2) is 5.78 Å². The number of anilines is 1. The number of rotatable bonds is 4. The maximum Gasteiger partial charge on any atom is 0.196 e. The largest absolute Gasteiger partial charge is 0.356 e. The predicted octanol–water partition coefficient (Wildman–Crippen LogP) is 3.53. The van der Waals surface area contributed by atoms with Gasteiger partial charge >= 0.3 is 0 Å². The van der Waals surface area contributed by atoms with E-state index in [1.54, 1.807) is 0 Å². The van der Waals surface area contributed by atoms with Crippen molar-refractivity contribution in [1.82, 2.24) is 4.98 Å². The van der Waals surface area contributed by atoms with Crippen LogP contribution >= 0.6 is 0 Å². The molecule has 1 fully saturated rings. The van der Waals surface area contributed by atoms with Gasteiger partial charge in [-0.15, -0.1) is 0 Å². The molecule has 3 rings (SSSR count). The highest BCUT2D eigenvalue weighted by Gasteiger charge is 2.30. The van der Waals surface area contributed by atoms with E-state index < -0.39 is 0 Å². The Kier molecular flexibility index (Phi) is 3.50. The smallest absolute Gasteiger partial charge is 0.196 e. The van der Waals surface area contributed by atoms with Gasteiger partial charge in [0.05, 0.1) is 5.56 Å². The highest BCUT2D eigenvalue weighted by molar-refractivity contribution is 6.12. The van der Waals surface area contributed by atoms with Gasteiger partial charge in [0, 0.05) is 24.3 Å². The Hall–Kier alpha value is -2.16. The number of nitrogens with zero attached hydrogens (tertiary/aromatic N) is 2. The molecule has 0 aliphatic heterocycles. The van der Waals surface area contributed by atoms with Crippen LogP contribution in [-0.2, 0) is 0 Å². The molecule has 1 aromatic carbocycles. The molecule has 3 heteroatoms. The first kappa shape index (κ1) is 13.8. The highest BCUT2D eigenvalue weighted by Crippen LogP contribution is 2.32. The van der Waals surface area contributed by atoms with Gasteiger partial charge in [-0.25, -0.2) is 4.98 Å². The number of ketones is 1. The van der Waals surface area contributed by atoms with Crippen molar-refractivity contribution in [3.63, 3.8) is 0 Å². The number of aromatic nitrogens is 1. The van der Waals surface area contributed by atoms with Crippen molar-refractivity contribution in [3.8, 4) is 0 Å². The quantitative estimate of drug-likeness (QED) is 0.803. The standard InChI is InChI=1S/C18H20N2O/c1-12-5-4-6-14(11-12)17(21)16-10-7-13(2)19-18(16)20(3)15-8-9-15/h4-7,10-11,15H,8-9H2,1-3H3. The third-order valence-electron chi connectivity index (χ3n) is 3.97. The van der Waals surface area contributed by atoms with Crippen LogP contribution in [0.15, 0.2) is 36.4 Å². The molecule has 108 valence electrons. The van der Waals surface area contributed by atoms with E-state index >= 15 is 0 Å². The minimum absolute atomic E-state index is 0.0497. The van der Waals surface area contributed by atoms with Gasteiger partial charge in [-0.3, -0.25) is 4.79 Å². The van der Waals surface area contributed by atoms with Crippen LogP contribution in [-0.4, -0.2) is 23.9 Å². The minimum atomic E-state index is 0.0497. The van der Waals surface area contributed by atoms with E-state index in [-0.39, 0.29) is 5.78 Å². The molecule has 21 heavy (non-hydrogen) atoms. The summed E-state index contributed by atoms with van der Waals surface area (Å²) in [5.74, 6) is 0.859. The van der Waals surface area contributed by atoms with Crippen LogP contribution in [0.25, 0.3) is 0 Å². The number of aryl methyl sites for hydroxylation is 2. The molecule has 0 saturated heterocycles. The molecule has 1 saturated carbocycles. The Morgan fingerprint density at radius 2 is 1.95 bits per heavy atom. The van der Waals surface area contributed by atoms with Crippen LogP contribution in [0, 0.1) is 13.8 Å². The molecule has 0 N–H and O–H groups in total. The second kappa shape index (κ2) is 5.32. The second-order valence-corrected chi connectivity index (χ2v) is 5.86. The number of hydrogen-bond donors (Lipinski definition) is 0. The predicted molar refractivity (Wildman–Crippen MR) is 85.0 cm³/mol. The number of carbonyl (C=O) groups excluding carboxylic acids is 1. The summed E-state index contributed by atoms with van der Waals surface area (Å²) in [5, 5.41) is 0. The molecule has 3 nitrogen and oxygen atoms in total. The zero-order valence-electron chi connectivity index (χ0n) is 12.8. The molecule has 1 heterocycles. The van der Waals surface area contributed by atoms with Gasteiger partial charge < -0.3 is 4.90 Å². The molecule has 1 aliphatic rings. The average molecular weight is 280 g/mol. The molecule has 0 radical (unpaired) electrons. The summed E-state index contributed by atoms with van der Waals surface area (Å²) in [6, 6.07) is 12.1. The SMILES string of the molecule is Cc1cccc(C(=O)c2ccc(C)nc2N(C)C2CC2)c1. The average Bonchev–Trinajstić information content (AvgIpc) is 3.30. The van der Waals surface area contributed by atoms with Gasteiger partial charge in [0.2, 0.25) is 0 Å². The molecule has 1 aromatic heterocycles. The van der Waals surface area contributed by atoms with Crippen LogP contribution in [0.5, 0.6) is 0 Å². The van der Waals surface area contributed by atoms with Crippen molar-refractivity contribution in [2.45, 2.75) is 32.7 Å². The van der Waals surface area contributed by atoms with E-state index in [9.17, 15) is 4.79 Å². The first-order valence-electron chi connectivity index (χ1n) is 7.38. The fraction of sp³-hybridized carbons (Fsp3) is 0.333. The van der Waals surface area contributed by atoms with Crippen molar-refractivity contribution < 1.29 is 4.79 Å². The van der Waals surface area contributed by atoms with Gasteiger partial charge in [0.25, 0.3) is 0 Å². The number of benzene rings is 1. The summed E-state index contributed by atoms with van der Waals surface area (Å²) in [6.07, 6.45) is 2.37. The summed E-state index contributed by atoms with van der Waals surface area (Å²) in [7, 11) is 2.03. The Morgan fingerprint density at radius 1 is 1.19 bits per heavy atom. The Balaban J connectivity index is 2.03. The van der Waals surface area contributed by atoms with Crippen molar-refractivity contribution in [3.05, 3.63) is 58.8 Å². The second-order valence-electron chi connectivity index (χ2n) is 5.86. The van der Waals surface area contributed by atoms with Crippen molar-refractivity contribution in [2.75, 3.05) is 11.9 Å². The summed E-state index contributed by atoms with van der Waals surface area (Å²) in [4.78, 5) is 19.6. The van der Waals surface area contributed by atoms with Crippen LogP contribution in [0.2, 0.25) is 0 Å². The molecule has 0 unspecified atom stereocenters. The van der Waals surface area contributed by atoms with E-state index in [1.165, 1.54) is 12.8 Å². The topological polar surface area (TPSA) is 33.2 Å². The van der Waals surface area contributed by atoms with E-state index in [2.05, 4.69) is 9.88 Å². The van der Waals surface area contributed by atoms with Gasteiger partial charge in [-0.2, -0.15) is 0 Å². The molecular formula is C18H20N2O. The Bertz CT molecular complexity index is 689. The van der Waals surface area contributed by atoms with Crippen LogP contribution in [0.3, 0.4) is 0 Å². The van der Waals surface area contributed by atoms with Crippen molar-refractivity contribution in [2.24, 2.45) is 0 Å². The van der Waals surface area contributed by atoms with Crippen LogP contribution in [0.4, 0.5) is 5.82 Å². The molecule has 2 aromatic rings. The monoisotopic (exact) mass is 280 g/mol. The molecule has 0 atom stereocenters. The van der Waals surface area contributed by atoms with E-state index in [1.807, 2.05) is 57.3 Å². The van der Waals surface area contributed by atoms with E-state index in [4.69, 9.17) is 0 Å². The zero-order valence-corrected chi connectivity index (χ0v) is 12.8. The fourth-order valence-electron chi connectivity index (χ4n) is 2.57. The van der Waals surface area contributed by atoms with Crippen LogP contribution in [0.1, 0.15) is 40.0 Å². The lowest BCUT2D eigenvalue weighted by Crippen LogP contribution is -2.24. The van der Waals surface area contributed by atoms with Crippen molar-refractivity contribution >= 4 is 11.6 Å². The maximum atomic E-state index is 12.8.